The summed E-state index contributed by atoms with van der Waals surface area (Å²) in [5, 5.41) is 4.22. The van der Waals surface area contributed by atoms with Crippen molar-refractivity contribution in [2.75, 3.05) is 0 Å². The van der Waals surface area contributed by atoms with Crippen molar-refractivity contribution in [2.24, 2.45) is 0 Å². The van der Waals surface area contributed by atoms with Gasteiger partial charge in [0.05, 0.1) is 10.7 Å². The molecule has 0 N–H and O–H groups in total. The second kappa shape index (κ2) is 5.43. The lowest BCUT2D eigenvalue weighted by atomic mass is 9.97. The molecule has 0 spiro atoms. The van der Waals surface area contributed by atoms with Crippen LogP contribution in [0.25, 0.3) is 0 Å². The molecule has 1 aromatic heterocycles. The number of halogens is 1. The second-order valence-electron chi connectivity index (χ2n) is 5.00. The number of nitrogens with zero attached hydrogens (tertiary/aromatic N) is 3. The van der Waals surface area contributed by atoms with E-state index < -0.39 is 0 Å². The predicted molar refractivity (Wildman–Crippen MR) is 74.5 cm³/mol. The summed E-state index contributed by atoms with van der Waals surface area (Å²) in [6.07, 6.45) is 5.10. The highest BCUT2D eigenvalue weighted by atomic mass is 79.9. The Morgan fingerprint density at radius 2 is 2.06 bits per heavy atom. The number of carbonyl (C=O) groups is 1. The molecule has 1 fully saturated rings. The number of aromatic nitrogens is 2. The van der Waals surface area contributed by atoms with Gasteiger partial charge in [-0.25, -0.2) is 0 Å². The molecule has 0 aliphatic carbocycles. The Balaban J connectivity index is 2.32. The molecule has 0 bridgehead atoms. The molecule has 0 radical (unpaired) electrons. The summed E-state index contributed by atoms with van der Waals surface area (Å²) < 4.78 is 2.56. The van der Waals surface area contributed by atoms with Crippen molar-refractivity contribution in [3.63, 3.8) is 0 Å². The molecule has 0 saturated carbocycles. The third-order valence-corrected chi connectivity index (χ3v) is 4.31. The summed E-state index contributed by atoms with van der Waals surface area (Å²) in [7, 11) is 0. The first-order valence-electron chi connectivity index (χ1n) is 6.60. The lowest BCUT2D eigenvalue weighted by Gasteiger charge is -2.39. The maximum absolute atomic E-state index is 12.7. The van der Waals surface area contributed by atoms with Gasteiger partial charge in [-0.15, -0.1) is 0 Å². The number of rotatable bonds is 2. The van der Waals surface area contributed by atoms with Crippen molar-refractivity contribution < 1.29 is 4.79 Å². The molecular formula is C13H20BrN3O. The number of aryl methyl sites for hydroxylation is 1. The summed E-state index contributed by atoms with van der Waals surface area (Å²) in [6, 6.07) is 0.627. The molecule has 1 aliphatic rings. The molecule has 1 aliphatic heterocycles. The molecule has 2 rings (SSSR count). The van der Waals surface area contributed by atoms with Crippen LogP contribution in [0.1, 0.15) is 50.5 Å². The van der Waals surface area contributed by atoms with E-state index in [4.69, 9.17) is 0 Å². The number of carbonyl (C=O) groups excluding carboxylic acids is 1. The van der Waals surface area contributed by atoms with Crippen LogP contribution in [0, 0.1) is 0 Å². The minimum absolute atomic E-state index is 0.0981. The highest BCUT2D eigenvalue weighted by molar-refractivity contribution is 9.10. The van der Waals surface area contributed by atoms with E-state index in [-0.39, 0.29) is 5.91 Å². The SMILES string of the molecule is CCn1ncc(Br)c1C(=O)N1[C@H](C)CCC[C@@H]1C. The van der Waals surface area contributed by atoms with E-state index in [1.165, 1.54) is 6.42 Å². The van der Waals surface area contributed by atoms with Gasteiger partial charge in [0.15, 0.2) is 0 Å². The fourth-order valence-electron chi connectivity index (χ4n) is 2.76. The Kier molecular flexibility index (Phi) is 4.10. The standard InChI is InChI=1S/C13H20BrN3O/c1-4-16-12(11(14)8-15-16)13(18)17-9(2)6-5-7-10(17)3/h8-10H,4-7H2,1-3H3/t9-,10+. The van der Waals surface area contributed by atoms with E-state index in [1.54, 1.807) is 10.9 Å². The topological polar surface area (TPSA) is 38.1 Å². The molecule has 1 aromatic rings. The molecule has 100 valence electrons. The van der Waals surface area contributed by atoms with Gasteiger partial charge in [-0.3, -0.25) is 9.48 Å². The lowest BCUT2D eigenvalue weighted by Crippen LogP contribution is -2.48. The molecule has 0 aromatic carbocycles. The van der Waals surface area contributed by atoms with Gasteiger partial charge in [0.25, 0.3) is 5.91 Å². The molecule has 1 saturated heterocycles. The van der Waals surface area contributed by atoms with E-state index in [2.05, 4.69) is 34.9 Å². The van der Waals surface area contributed by atoms with Crippen molar-refractivity contribution in [3.05, 3.63) is 16.4 Å². The Bertz CT molecular complexity index is 433. The quantitative estimate of drug-likeness (QED) is 0.841. The number of likely N-dealkylation sites (tertiary alicyclic amines) is 1. The van der Waals surface area contributed by atoms with Crippen molar-refractivity contribution in [3.8, 4) is 0 Å². The normalized spacial score (nSPS) is 24.3. The molecule has 2 atom stereocenters. The summed E-state index contributed by atoms with van der Waals surface area (Å²) in [4.78, 5) is 14.7. The zero-order valence-electron chi connectivity index (χ0n) is 11.2. The highest BCUT2D eigenvalue weighted by Gasteiger charge is 2.32. The third kappa shape index (κ3) is 2.32. The second-order valence-corrected chi connectivity index (χ2v) is 5.85. The average Bonchev–Trinajstić information content (AvgIpc) is 2.70. The summed E-state index contributed by atoms with van der Waals surface area (Å²) in [6.45, 7) is 6.98. The van der Waals surface area contributed by atoms with Gasteiger partial charge in [-0.05, 0) is 56.0 Å². The van der Waals surface area contributed by atoms with E-state index in [0.29, 0.717) is 24.3 Å². The molecule has 2 heterocycles. The number of piperidine rings is 1. The van der Waals surface area contributed by atoms with Gasteiger partial charge >= 0.3 is 0 Å². The first-order valence-corrected chi connectivity index (χ1v) is 7.39. The largest absolute Gasteiger partial charge is 0.332 e. The molecule has 1 amide bonds. The zero-order chi connectivity index (χ0) is 13.3. The molecule has 18 heavy (non-hydrogen) atoms. The maximum Gasteiger partial charge on any atom is 0.273 e. The van der Waals surface area contributed by atoms with Crippen molar-refractivity contribution in [1.29, 1.82) is 0 Å². The van der Waals surface area contributed by atoms with Gasteiger partial charge in [0.1, 0.15) is 5.69 Å². The van der Waals surface area contributed by atoms with Crippen LogP contribution in [0.3, 0.4) is 0 Å². The van der Waals surface area contributed by atoms with E-state index in [0.717, 1.165) is 17.3 Å². The lowest BCUT2D eigenvalue weighted by molar-refractivity contribution is 0.0497. The minimum Gasteiger partial charge on any atom is -0.332 e. The zero-order valence-corrected chi connectivity index (χ0v) is 12.8. The highest BCUT2D eigenvalue weighted by Crippen LogP contribution is 2.27. The Morgan fingerprint density at radius 1 is 1.44 bits per heavy atom. The Hall–Kier alpha value is -0.840. The smallest absolute Gasteiger partial charge is 0.273 e. The van der Waals surface area contributed by atoms with Gasteiger partial charge in [-0.2, -0.15) is 5.10 Å². The van der Waals surface area contributed by atoms with Gasteiger partial charge in [0.2, 0.25) is 0 Å². The van der Waals surface area contributed by atoms with Crippen LogP contribution in [-0.2, 0) is 6.54 Å². The van der Waals surface area contributed by atoms with Crippen LogP contribution in [0.5, 0.6) is 0 Å². The Morgan fingerprint density at radius 3 is 2.61 bits per heavy atom. The minimum atomic E-state index is 0.0981. The van der Waals surface area contributed by atoms with Gasteiger partial charge in [-0.1, -0.05) is 0 Å². The van der Waals surface area contributed by atoms with Crippen molar-refractivity contribution in [1.82, 2.24) is 14.7 Å². The van der Waals surface area contributed by atoms with E-state index in [1.807, 2.05) is 11.8 Å². The molecule has 4 nitrogen and oxygen atoms in total. The maximum atomic E-state index is 12.7. The summed E-state index contributed by atoms with van der Waals surface area (Å²) in [5.41, 5.74) is 0.679. The van der Waals surface area contributed by atoms with Crippen LogP contribution in [0.15, 0.2) is 10.7 Å². The first-order chi connectivity index (χ1) is 8.56. The van der Waals surface area contributed by atoms with Crippen LogP contribution in [0.2, 0.25) is 0 Å². The predicted octanol–water partition coefficient (Wildman–Crippen LogP) is 3.07. The van der Waals surface area contributed by atoms with Crippen LogP contribution in [0.4, 0.5) is 0 Å². The average molecular weight is 314 g/mol. The summed E-state index contributed by atoms with van der Waals surface area (Å²) in [5.74, 6) is 0.0981. The molecule has 0 unspecified atom stereocenters. The van der Waals surface area contributed by atoms with Crippen LogP contribution in [-0.4, -0.2) is 32.7 Å². The number of hydrogen-bond donors (Lipinski definition) is 0. The van der Waals surface area contributed by atoms with Crippen LogP contribution < -0.4 is 0 Å². The number of hydrogen-bond acceptors (Lipinski definition) is 2. The fourth-order valence-corrected chi connectivity index (χ4v) is 3.22. The number of amides is 1. The fraction of sp³-hybridized carbons (Fsp3) is 0.692. The van der Waals surface area contributed by atoms with Gasteiger partial charge in [0, 0.05) is 18.6 Å². The molecular weight excluding hydrogens is 294 g/mol. The monoisotopic (exact) mass is 313 g/mol. The summed E-state index contributed by atoms with van der Waals surface area (Å²) >= 11 is 3.43. The van der Waals surface area contributed by atoms with E-state index in [9.17, 15) is 4.79 Å². The Labute approximate surface area is 116 Å². The van der Waals surface area contributed by atoms with Gasteiger partial charge < -0.3 is 4.90 Å². The first kappa shape index (κ1) is 13.6. The van der Waals surface area contributed by atoms with Crippen molar-refractivity contribution >= 4 is 21.8 Å². The third-order valence-electron chi connectivity index (χ3n) is 3.72. The molecule has 5 heteroatoms. The van der Waals surface area contributed by atoms with Crippen molar-refractivity contribution in [2.45, 2.75) is 58.7 Å². The van der Waals surface area contributed by atoms with E-state index >= 15 is 0 Å². The van der Waals surface area contributed by atoms with Crippen LogP contribution >= 0.6 is 15.9 Å².